The number of esters is 1. The summed E-state index contributed by atoms with van der Waals surface area (Å²) in [5, 5.41) is 2.80. The average Bonchev–Trinajstić information content (AvgIpc) is 3.18. The maximum absolute atomic E-state index is 11.6. The number of ether oxygens (including phenoxy) is 1. The molecular formula is C14H18ClNO2. The maximum atomic E-state index is 11.6. The molecule has 1 atom stereocenters. The molecule has 18 heavy (non-hydrogen) atoms. The highest BCUT2D eigenvalue weighted by Crippen LogP contribution is 2.42. The van der Waals surface area contributed by atoms with Gasteiger partial charge in [-0.3, -0.25) is 4.79 Å². The minimum absolute atomic E-state index is 0.274. The maximum Gasteiger partial charge on any atom is 0.325 e. The zero-order chi connectivity index (χ0) is 13.0. The first-order chi connectivity index (χ1) is 8.68. The van der Waals surface area contributed by atoms with Crippen LogP contribution in [0.3, 0.4) is 0 Å². The van der Waals surface area contributed by atoms with E-state index in [1.54, 1.807) is 6.92 Å². The van der Waals surface area contributed by atoms with Gasteiger partial charge in [0.25, 0.3) is 0 Å². The lowest BCUT2D eigenvalue weighted by Gasteiger charge is -2.21. The number of benzene rings is 1. The highest BCUT2D eigenvalue weighted by Gasteiger charge is 2.52. The molecule has 1 fully saturated rings. The largest absolute Gasteiger partial charge is 0.465 e. The van der Waals surface area contributed by atoms with Crippen LogP contribution in [-0.2, 0) is 16.1 Å². The topological polar surface area (TPSA) is 38.3 Å². The standard InChI is InChI=1S/C14H18ClNO2/c1-2-18-13(17)12(15)14(8-9-14)16-10-11-6-4-3-5-7-11/h3-7,12,16H,2,8-10H2,1H3. The van der Waals surface area contributed by atoms with Crippen molar-refractivity contribution >= 4 is 17.6 Å². The summed E-state index contributed by atoms with van der Waals surface area (Å²) in [5.41, 5.74) is 0.917. The lowest BCUT2D eigenvalue weighted by molar-refractivity contribution is -0.143. The van der Waals surface area contributed by atoms with Crippen molar-refractivity contribution in [2.45, 2.75) is 37.2 Å². The second-order valence-corrected chi connectivity index (χ2v) is 5.05. The Labute approximate surface area is 112 Å². The number of nitrogens with one attached hydrogen (secondary N) is 1. The molecule has 1 aliphatic rings. The molecule has 1 unspecified atom stereocenters. The van der Waals surface area contributed by atoms with Crippen molar-refractivity contribution < 1.29 is 9.53 Å². The zero-order valence-electron chi connectivity index (χ0n) is 10.5. The highest BCUT2D eigenvalue weighted by atomic mass is 35.5. The van der Waals surface area contributed by atoms with Crippen LogP contribution >= 0.6 is 11.6 Å². The predicted octanol–water partition coefficient (Wildman–Crippen LogP) is 2.48. The van der Waals surface area contributed by atoms with Crippen LogP contribution in [0, 0.1) is 0 Å². The fourth-order valence-electron chi connectivity index (χ4n) is 1.97. The van der Waals surface area contributed by atoms with Crippen LogP contribution in [0.5, 0.6) is 0 Å². The van der Waals surface area contributed by atoms with Gasteiger partial charge in [-0.15, -0.1) is 11.6 Å². The molecule has 1 aromatic carbocycles. The van der Waals surface area contributed by atoms with E-state index < -0.39 is 5.38 Å². The molecule has 3 nitrogen and oxygen atoms in total. The van der Waals surface area contributed by atoms with Gasteiger partial charge in [0.1, 0.15) is 5.38 Å². The van der Waals surface area contributed by atoms with Crippen molar-refractivity contribution in [3.8, 4) is 0 Å². The number of alkyl halides is 1. The Kier molecular flexibility index (Phi) is 4.25. The summed E-state index contributed by atoms with van der Waals surface area (Å²) in [7, 11) is 0. The summed E-state index contributed by atoms with van der Waals surface area (Å²) >= 11 is 6.19. The summed E-state index contributed by atoms with van der Waals surface area (Å²) in [5.74, 6) is -0.322. The molecule has 2 rings (SSSR count). The van der Waals surface area contributed by atoms with E-state index in [-0.39, 0.29) is 11.5 Å². The lowest BCUT2D eigenvalue weighted by atomic mass is 10.1. The second kappa shape index (κ2) is 5.72. The number of carbonyl (C=O) groups excluding carboxylic acids is 1. The number of hydrogen-bond donors (Lipinski definition) is 1. The molecule has 0 aliphatic heterocycles. The molecule has 0 radical (unpaired) electrons. The van der Waals surface area contributed by atoms with Crippen molar-refractivity contribution in [2.75, 3.05) is 6.61 Å². The van der Waals surface area contributed by atoms with Gasteiger partial charge in [-0.2, -0.15) is 0 Å². The van der Waals surface area contributed by atoms with Crippen LogP contribution in [0.15, 0.2) is 30.3 Å². The molecule has 0 heterocycles. The van der Waals surface area contributed by atoms with E-state index >= 15 is 0 Å². The minimum atomic E-state index is -0.596. The van der Waals surface area contributed by atoms with Gasteiger partial charge in [0.05, 0.1) is 6.61 Å². The van der Waals surface area contributed by atoms with Gasteiger partial charge in [0.15, 0.2) is 0 Å². The third-order valence-electron chi connectivity index (χ3n) is 3.25. The molecule has 1 saturated carbocycles. The summed E-state index contributed by atoms with van der Waals surface area (Å²) in [4.78, 5) is 11.6. The van der Waals surface area contributed by atoms with Crippen LogP contribution in [0.4, 0.5) is 0 Å². The molecule has 1 N–H and O–H groups in total. The fraction of sp³-hybridized carbons (Fsp3) is 0.500. The van der Waals surface area contributed by atoms with Gasteiger partial charge in [0, 0.05) is 12.1 Å². The van der Waals surface area contributed by atoms with Gasteiger partial charge in [-0.05, 0) is 25.3 Å². The van der Waals surface area contributed by atoms with Crippen molar-refractivity contribution in [1.29, 1.82) is 0 Å². The number of rotatable bonds is 6. The van der Waals surface area contributed by atoms with Crippen LogP contribution in [0.25, 0.3) is 0 Å². The lowest BCUT2D eigenvalue weighted by Crippen LogP contribution is -2.44. The predicted molar refractivity (Wildman–Crippen MR) is 71.5 cm³/mol. The summed E-state index contributed by atoms with van der Waals surface area (Å²) in [6.45, 7) is 2.89. The first kappa shape index (κ1) is 13.4. The van der Waals surface area contributed by atoms with Gasteiger partial charge >= 0.3 is 5.97 Å². The second-order valence-electron chi connectivity index (χ2n) is 4.61. The van der Waals surface area contributed by atoms with E-state index in [4.69, 9.17) is 16.3 Å². The van der Waals surface area contributed by atoms with E-state index in [0.29, 0.717) is 6.61 Å². The van der Waals surface area contributed by atoms with Crippen molar-refractivity contribution in [3.63, 3.8) is 0 Å². The fourth-order valence-corrected chi connectivity index (χ4v) is 2.33. The SMILES string of the molecule is CCOC(=O)C(Cl)C1(NCc2ccccc2)CC1. The van der Waals surface area contributed by atoms with Crippen LogP contribution in [0.1, 0.15) is 25.3 Å². The van der Waals surface area contributed by atoms with Crippen molar-refractivity contribution in [1.82, 2.24) is 5.32 Å². The Morgan fingerprint density at radius 1 is 1.44 bits per heavy atom. The highest BCUT2D eigenvalue weighted by molar-refractivity contribution is 6.31. The molecule has 0 amide bonds. The molecule has 0 bridgehead atoms. The quantitative estimate of drug-likeness (QED) is 0.636. The minimum Gasteiger partial charge on any atom is -0.465 e. The average molecular weight is 268 g/mol. The Bertz CT molecular complexity index is 404. The molecular weight excluding hydrogens is 250 g/mol. The molecule has 98 valence electrons. The normalized spacial score (nSPS) is 18.1. The van der Waals surface area contributed by atoms with Crippen molar-refractivity contribution in [2.24, 2.45) is 0 Å². The van der Waals surface area contributed by atoms with Gasteiger partial charge < -0.3 is 10.1 Å². The summed E-state index contributed by atoms with van der Waals surface area (Å²) in [6.07, 6.45) is 1.85. The number of halogens is 1. The summed E-state index contributed by atoms with van der Waals surface area (Å²) in [6, 6.07) is 10.1. The molecule has 0 aromatic heterocycles. The van der Waals surface area contributed by atoms with E-state index in [1.807, 2.05) is 18.2 Å². The van der Waals surface area contributed by atoms with Gasteiger partial charge in [-0.25, -0.2) is 0 Å². The monoisotopic (exact) mass is 267 g/mol. The van der Waals surface area contributed by atoms with Gasteiger partial charge in [-0.1, -0.05) is 30.3 Å². The number of hydrogen-bond acceptors (Lipinski definition) is 3. The van der Waals surface area contributed by atoms with Crippen molar-refractivity contribution in [3.05, 3.63) is 35.9 Å². The molecule has 0 spiro atoms. The van der Waals surface area contributed by atoms with E-state index in [1.165, 1.54) is 5.56 Å². The molecule has 4 heteroatoms. The number of carbonyl (C=O) groups is 1. The van der Waals surface area contributed by atoms with Crippen LogP contribution in [-0.4, -0.2) is 23.5 Å². The van der Waals surface area contributed by atoms with Crippen LogP contribution in [0.2, 0.25) is 0 Å². The Balaban J connectivity index is 1.90. The Morgan fingerprint density at radius 3 is 2.67 bits per heavy atom. The Morgan fingerprint density at radius 2 is 2.11 bits per heavy atom. The van der Waals surface area contributed by atoms with E-state index in [9.17, 15) is 4.79 Å². The third kappa shape index (κ3) is 3.03. The van der Waals surface area contributed by atoms with Crippen LogP contribution < -0.4 is 5.32 Å². The molecule has 0 saturated heterocycles. The Hall–Kier alpha value is -1.06. The third-order valence-corrected chi connectivity index (χ3v) is 3.85. The van der Waals surface area contributed by atoms with Gasteiger partial charge in [0.2, 0.25) is 0 Å². The van der Waals surface area contributed by atoms with E-state index in [0.717, 1.165) is 19.4 Å². The molecule has 1 aliphatic carbocycles. The zero-order valence-corrected chi connectivity index (χ0v) is 11.2. The van der Waals surface area contributed by atoms with E-state index in [2.05, 4.69) is 17.4 Å². The first-order valence-electron chi connectivity index (χ1n) is 6.27. The smallest absolute Gasteiger partial charge is 0.325 e. The first-order valence-corrected chi connectivity index (χ1v) is 6.71. The summed E-state index contributed by atoms with van der Waals surface area (Å²) < 4.78 is 4.97. The molecule has 1 aromatic rings.